The number of carbonyl (C=O) groups is 3. The van der Waals surface area contributed by atoms with Crippen LogP contribution < -0.4 is 15.5 Å². The molecule has 166 valence electrons. The Kier molecular flexibility index (Phi) is 8.76. The van der Waals surface area contributed by atoms with Crippen molar-refractivity contribution in [3.05, 3.63) is 29.8 Å². The third kappa shape index (κ3) is 6.79. The van der Waals surface area contributed by atoms with Crippen LogP contribution in [0.3, 0.4) is 0 Å². The highest BCUT2D eigenvalue weighted by Gasteiger charge is 2.32. The van der Waals surface area contributed by atoms with Crippen LogP contribution in [-0.2, 0) is 25.7 Å². The Hall–Kier alpha value is -2.49. The molecule has 1 aromatic carbocycles. The molecule has 1 aromatic rings. The number of aliphatic hydroxyl groups excluding tert-OH is 2. The molecule has 30 heavy (non-hydrogen) atoms. The summed E-state index contributed by atoms with van der Waals surface area (Å²) in [6.45, 7) is 5.98. The van der Waals surface area contributed by atoms with Crippen molar-refractivity contribution in [2.75, 3.05) is 44.4 Å². The fourth-order valence-corrected chi connectivity index (χ4v) is 2.88. The van der Waals surface area contributed by atoms with Crippen LogP contribution >= 0.6 is 0 Å². The number of ether oxygens (including phenoxy) is 1. The van der Waals surface area contributed by atoms with E-state index in [0.29, 0.717) is 13.2 Å². The number of morpholine rings is 1. The summed E-state index contributed by atoms with van der Waals surface area (Å²) in [5.41, 5.74) is 0.963. The SMILES string of the molecule is CC(C)(CO)[C@@H](O)C(=O)NCCC(=O)C(=O)NCc1ccc(N2CCOCC2)cc1. The summed E-state index contributed by atoms with van der Waals surface area (Å²) in [5, 5.41) is 24.0. The summed E-state index contributed by atoms with van der Waals surface area (Å²) in [4.78, 5) is 38.0. The number of anilines is 1. The monoisotopic (exact) mass is 421 g/mol. The summed E-state index contributed by atoms with van der Waals surface area (Å²) < 4.78 is 5.34. The number of rotatable bonds is 10. The van der Waals surface area contributed by atoms with Gasteiger partial charge in [-0.25, -0.2) is 0 Å². The molecule has 0 aliphatic carbocycles. The van der Waals surface area contributed by atoms with Crippen LogP contribution in [0.25, 0.3) is 0 Å². The molecule has 0 saturated carbocycles. The zero-order chi connectivity index (χ0) is 22.1. The minimum Gasteiger partial charge on any atom is -0.396 e. The van der Waals surface area contributed by atoms with Crippen LogP contribution in [0.2, 0.25) is 0 Å². The van der Waals surface area contributed by atoms with Gasteiger partial charge in [-0.3, -0.25) is 14.4 Å². The highest BCUT2D eigenvalue weighted by Crippen LogP contribution is 2.19. The van der Waals surface area contributed by atoms with Gasteiger partial charge in [0.1, 0.15) is 6.10 Å². The number of benzene rings is 1. The molecule has 9 nitrogen and oxygen atoms in total. The van der Waals surface area contributed by atoms with Gasteiger partial charge < -0.3 is 30.5 Å². The van der Waals surface area contributed by atoms with Gasteiger partial charge in [0.05, 0.1) is 19.8 Å². The lowest BCUT2D eigenvalue weighted by Crippen LogP contribution is -2.46. The van der Waals surface area contributed by atoms with Crippen LogP contribution in [-0.4, -0.2) is 73.4 Å². The molecule has 0 aromatic heterocycles. The predicted octanol–water partition coefficient (Wildman–Crippen LogP) is -0.406. The smallest absolute Gasteiger partial charge is 0.287 e. The van der Waals surface area contributed by atoms with Crippen molar-refractivity contribution in [3.8, 4) is 0 Å². The second-order valence-corrected chi connectivity index (χ2v) is 7.96. The van der Waals surface area contributed by atoms with Gasteiger partial charge in [0.2, 0.25) is 11.7 Å². The van der Waals surface area contributed by atoms with E-state index in [9.17, 15) is 24.6 Å². The van der Waals surface area contributed by atoms with E-state index in [1.54, 1.807) is 13.8 Å². The number of aliphatic hydroxyl groups is 2. The van der Waals surface area contributed by atoms with E-state index < -0.39 is 29.1 Å². The van der Waals surface area contributed by atoms with Crippen LogP contribution in [0.4, 0.5) is 5.69 Å². The zero-order valence-corrected chi connectivity index (χ0v) is 17.5. The Morgan fingerprint density at radius 2 is 1.77 bits per heavy atom. The molecule has 1 aliphatic rings. The fraction of sp³-hybridized carbons (Fsp3) is 0.571. The average Bonchev–Trinajstić information content (AvgIpc) is 2.77. The predicted molar refractivity (Wildman–Crippen MR) is 111 cm³/mol. The third-order valence-electron chi connectivity index (χ3n) is 5.07. The van der Waals surface area contributed by atoms with Crippen molar-refractivity contribution in [2.45, 2.75) is 32.9 Å². The van der Waals surface area contributed by atoms with Crippen molar-refractivity contribution >= 4 is 23.3 Å². The van der Waals surface area contributed by atoms with E-state index in [1.807, 2.05) is 24.3 Å². The standard InChI is InChI=1S/C21H31N3O6/c1-21(2,14-25)18(27)20(29)22-8-7-17(26)19(28)23-13-15-3-5-16(6-4-15)24-9-11-30-12-10-24/h3-6,18,25,27H,7-14H2,1-2H3,(H,22,29)(H,23,28)/t18-/m0/s1. The fourth-order valence-electron chi connectivity index (χ4n) is 2.88. The summed E-state index contributed by atoms with van der Waals surface area (Å²) in [7, 11) is 0. The Labute approximate surface area is 176 Å². The summed E-state index contributed by atoms with van der Waals surface area (Å²) in [6, 6.07) is 7.76. The van der Waals surface area contributed by atoms with Gasteiger partial charge in [0, 0.05) is 43.7 Å². The topological polar surface area (TPSA) is 128 Å². The molecule has 1 fully saturated rings. The summed E-state index contributed by atoms with van der Waals surface area (Å²) in [6.07, 6.45) is -1.59. The molecule has 0 bridgehead atoms. The minimum atomic E-state index is -1.41. The number of ketones is 1. The molecule has 2 amide bonds. The van der Waals surface area contributed by atoms with Gasteiger partial charge in [0.25, 0.3) is 5.91 Å². The second-order valence-electron chi connectivity index (χ2n) is 7.96. The molecular formula is C21H31N3O6. The van der Waals surface area contributed by atoms with Crippen molar-refractivity contribution in [1.82, 2.24) is 10.6 Å². The summed E-state index contributed by atoms with van der Waals surface area (Å²) in [5.74, 6) is -2.07. The van der Waals surface area contributed by atoms with Crippen molar-refractivity contribution in [2.24, 2.45) is 5.41 Å². The average molecular weight is 421 g/mol. The number of amides is 2. The molecule has 1 saturated heterocycles. The molecule has 2 rings (SSSR count). The maximum Gasteiger partial charge on any atom is 0.287 e. The molecule has 1 atom stereocenters. The number of hydrogen-bond donors (Lipinski definition) is 4. The maximum atomic E-state index is 12.0. The van der Waals surface area contributed by atoms with E-state index in [1.165, 1.54) is 0 Å². The van der Waals surface area contributed by atoms with Gasteiger partial charge in [-0.1, -0.05) is 26.0 Å². The molecule has 9 heteroatoms. The molecular weight excluding hydrogens is 390 g/mol. The molecule has 0 radical (unpaired) electrons. The highest BCUT2D eigenvalue weighted by molar-refractivity contribution is 6.36. The quantitative estimate of drug-likeness (QED) is 0.378. The normalized spacial score (nSPS) is 15.4. The summed E-state index contributed by atoms with van der Waals surface area (Å²) >= 11 is 0. The molecule has 0 unspecified atom stereocenters. The largest absolute Gasteiger partial charge is 0.396 e. The number of hydrogen-bond acceptors (Lipinski definition) is 7. The van der Waals surface area contributed by atoms with Crippen molar-refractivity contribution in [1.29, 1.82) is 0 Å². The van der Waals surface area contributed by atoms with Gasteiger partial charge in [-0.05, 0) is 17.7 Å². The molecule has 1 heterocycles. The second kappa shape index (κ2) is 11.1. The first-order chi connectivity index (χ1) is 14.2. The maximum absolute atomic E-state index is 12.0. The first kappa shape index (κ1) is 23.8. The Bertz CT molecular complexity index is 729. The van der Waals surface area contributed by atoms with Crippen LogP contribution in [0.15, 0.2) is 24.3 Å². The first-order valence-corrected chi connectivity index (χ1v) is 10.0. The van der Waals surface area contributed by atoms with E-state index in [-0.39, 0.29) is 26.1 Å². The minimum absolute atomic E-state index is 0.0715. The number of nitrogens with zero attached hydrogens (tertiary/aromatic N) is 1. The van der Waals surface area contributed by atoms with Crippen molar-refractivity contribution < 1.29 is 29.3 Å². The van der Waals surface area contributed by atoms with Gasteiger partial charge in [-0.15, -0.1) is 0 Å². The van der Waals surface area contributed by atoms with Crippen molar-refractivity contribution in [3.63, 3.8) is 0 Å². The Balaban J connectivity index is 1.71. The first-order valence-electron chi connectivity index (χ1n) is 10.0. The van der Waals surface area contributed by atoms with Crippen LogP contribution in [0.5, 0.6) is 0 Å². The van der Waals surface area contributed by atoms with Gasteiger partial charge >= 0.3 is 0 Å². The van der Waals surface area contributed by atoms with E-state index in [0.717, 1.165) is 24.3 Å². The number of carbonyl (C=O) groups excluding carboxylic acids is 3. The lowest BCUT2D eigenvalue weighted by molar-refractivity contribution is -0.139. The van der Waals surface area contributed by atoms with E-state index in [4.69, 9.17) is 4.74 Å². The molecule has 4 N–H and O–H groups in total. The van der Waals surface area contributed by atoms with E-state index >= 15 is 0 Å². The van der Waals surface area contributed by atoms with Gasteiger partial charge in [0.15, 0.2) is 0 Å². The third-order valence-corrected chi connectivity index (χ3v) is 5.07. The highest BCUT2D eigenvalue weighted by atomic mass is 16.5. The van der Waals surface area contributed by atoms with Crippen LogP contribution in [0.1, 0.15) is 25.8 Å². The zero-order valence-electron chi connectivity index (χ0n) is 17.5. The lowest BCUT2D eigenvalue weighted by atomic mass is 9.87. The molecule has 0 spiro atoms. The lowest BCUT2D eigenvalue weighted by Gasteiger charge is -2.28. The number of Topliss-reactive ketones (excluding diaryl/α,β-unsaturated/α-hetero) is 1. The van der Waals surface area contributed by atoms with E-state index in [2.05, 4.69) is 15.5 Å². The molecule has 1 aliphatic heterocycles. The Morgan fingerprint density at radius 1 is 1.13 bits per heavy atom. The van der Waals surface area contributed by atoms with Crippen LogP contribution in [0, 0.1) is 5.41 Å². The number of nitrogens with one attached hydrogen (secondary N) is 2. The Morgan fingerprint density at radius 3 is 2.37 bits per heavy atom. The van der Waals surface area contributed by atoms with Gasteiger partial charge in [-0.2, -0.15) is 0 Å².